The van der Waals surface area contributed by atoms with E-state index in [1.54, 1.807) is 19.1 Å². The number of hydrogen-bond acceptors (Lipinski definition) is 5. The Kier molecular flexibility index (Phi) is 6.82. The van der Waals surface area contributed by atoms with E-state index in [-0.39, 0.29) is 23.8 Å². The molecule has 1 aromatic carbocycles. The van der Waals surface area contributed by atoms with Crippen LogP contribution in [0.15, 0.2) is 32.6 Å². The summed E-state index contributed by atoms with van der Waals surface area (Å²) in [5.74, 6) is 0.0736. The summed E-state index contributed by atoms with van der Waals surface area (Å²) in [5, 5.41) is 13.4. The first-order chi connectivity index (χ1) is 11.4. The van der Waals surface area contributed by atoms with Crippen molar-refractivity contribution in [3.63, 3.8) is 0 Å². The molecule has 2 aromatic rings. The number of amides is 1. The van der Waals surface area contributed by atoms with Gasteiger partial charge in [0.1, 0.15) is 0 Å². The maximum Gasteiger partial charge on any atom is 0.262 e. The summed E-state index contributed by atoms with van der Waals surface area (Å²) in [4.78, 5) is 29.0. The van der Waals surface area contributed by atoms with Crippen LogP contribution in [0.5, 0.6) is 0 Å². The van der Waals surface area contributed by atoms with E-state index < -0.39 is 6.10 Å². The van der Waals surface area contributed by atoms with Gasteiger partial charge in [-0.3, -0.25) is 14.2 Å². The van der Waals surface area contributed by atoms with Crippen LogP contribution in [0.4, 0.5) is 0 Å². The third kappa shape index (κ3) is 4.81. The van der Waals surface area contributed by atoms with Gasteiger partial charge in [-0.25, -0.2) is 4.98 Å². The van der Waals surface area contributed by atoms with E-state index in [2.05, 4.69) is 26.2 Å². The smallest absolute Gasteiger partial charge is 0.262 e. The van der Waals surface area contributed by atoms with E-state index >= 15 is 0 Å². The van der Waals surface area contributed by atoms with Gasteiger partial charge in [0.25, 0.3) is 5.56 Å². The van der Waals surface area contributed by atoms with Gasteiger partial charge >= 0.3 is 0 Å². The summed E-state index contributed by atoms with van der Waals surface area (Å²) in [7, 11) is 0. The molecule has 0 fully saturated rings. The topological polar surface area (TPSA) is 84.2 Å². The van der Waals surface area contributed by atoms with Crippen molar-refractivity contribution in [2.24, 2.45) is 0 Å². The van der Waals surface area contributed by atoms with Crippen molar-refractivity contribution >= 4 is 44.5 Å². The quantitative estimate of drug-likeness (QED) is 0.536. The number of nitrogens with zero attached hydrogens (tertiary/aromatic N) is 2. The van der Waals surface area contributed by atoms with E-state index in [1.807, 2.05) is 13.0 Å². The van der Waals surface area contributed by atoms with Crippen molar-refractivity contribution in [1.29, 1.82) is 0 Å². The number of nitrogens with one attached hydrogen (secondary N) is 1. The van der Waals surface area contributed by atoms with Crippen molar-refractivity contribution < 1.29 is 9.90 Å². The van der Waals surface area contributed by atoms with E-state index in [0.717, 1.165) is 10.9 Å². The molecule has 2 N–H and O–H groups in total. The predicted octanol–water partition coefficient (Wildman–Crippen LogP) is 2.16. The van der Waals surface area contributed by atoms with Crippen LogP contribution >= 0.6 is 27.7 Å². The Balaban J connectivity index is 2.37. The molecule has 130 valence electrons. The van der Waals surface area contributed by atoms with E-state index in [9.17, 15) is 14.7 Å². The van der Waals surface area contributed by atoms with Gasteiger partial charge in [0.2, 0.25) is 5.91 Å². The highest BCUT2D eigenvalue weighted by atomic mass is 79.9. The lowest BCUT2D eigenvalue weighted by molar-refractivity contribution is -0.118. The highest BCUT2D eigenvalue weighted by Crippen LogP contribution is 2.20. The summed E-state index contributed by atoms with van der Waals surface area (Å²) in [5.41, 5.74) is 0.347. The molecule has 0 saturated carbocycles. The zero-order valence-electron chi connectivity index (χ0n) is 13.6. The third-order valence-electron chi connectivity index (χ3n) is 3.23. The molecule has 0 bridgehead atoms. The van der Waals surface area contributed by atoms with E-state index in [0.29, 0.717) is 22.6 Å². The van der Waals surface area contributed by atoms with Crippen LogP contribution in [0.3, 0.4) is 0 Å². The Morgan fingerprint density at radius 1 is 1.50 bits per heavy atom. The number of aromatic nitrogens is 2. The molecular formula is C16H20BrN3O3S. The molecule has 0 radical (unpaired) electrons. The molecule has 1 atom stereocenters. The molecule has 6 nitrogen and oxygen atoms in total. The largest absolute Gasteiger partial charge is 0.392 e. The van der Waals surface area contributed by atoms with Crippen LogP contribution in [-0.4, -0.2) is 39.0 Å². The van der Waals surface area contributed by atoms with Crippen molar-refractivity contribution in [1.82, 2.24) is 14.9 Å². The molecule has 1 heterocycles. The maximum absolute atomic E-state index is 12.7. The number of hydrogen-bond donors (Lipinski definition) is 2. The second kappa shape index (κ2) is 8.64. The summed E-state index contributed by atoms with van der Waals surface area (Å²) in [6, 6.07) is 5.29. The lowest BCUT2D eigenvalue weighted by Gasteiger charge is -2.14. The number of carbonyl (C=O) groups is 1. The molecular weight excluding hydrogens is 394 g/mol. The number of benzene rings is 1. The fourth-order valence-corrected chi connectivity index (χ4v) is 3.35. The Morgan fingerprint density at radius 3 is 2.92 bits per heavy atom. The number of thioether (sulfide) groups is 1. The summed E-state index contributed by atoms with van der Waals surface area (Å²) >= 11 is 4.55. The first-order valence-electron chi connectivity index (χ1n) is 7.70. The van der Waals surface area contributed by atoms with Gasteiger partial charge in [-0.15, -0.1) is 0 Å². The number of aliphatic hydroxyl groups excluding tert-OH is 1. The molecule has 1 aromatic heterocycles. The Morgan fingerprint density at radius 2 is 2.25 bits per heavy atom. The number of aliphatic hydroxyl groups is 1. The number of fused-ring (bicyclic) bond motifs is 1. The standard InChI is InChI=1S/C16H20BrN3O3S/c1-3-6-18-14(22)9-24-16-19-13-5-4-11(17)7-12(13)15(23)20(16)8-10(2)21/h4-5,7,10,21H,3,6,8-9H2,1-2H3,(H,18,22). The Hall–Kier alpha value is -1.38. The second-order valence-corrected chi connectivity index (χ2v) is 7.32. The van der Waals surface area contributed by atoms with Gasteiger partial charge in [0.05, 0.1) is 29.3 Å². The molecule has 8 heteroatoms. The molecule has 2 rings (SSSR count). The van der Waals surface area contributed by atoms with Gasteiger partial charge in [0, 0.05) is 11.0 Å². The van der Waals surface area contributed by atoms with Gasteiger partial charge < -0.3 is 10.4 Å². The average Bonchev–Trinajstić information content (AvgIpc) is 2.54. The number of halogens is 1. The summed E-state index contributed by atoms with van der Waals surface area (Å²) in [6.45, 7) is 4.35. The lowest BCUT2D eigenvalue weighted by Crippen LogP contribution is -2.29. The van der Waals surface area contributed by atoms with Crippen molar-refractivity contribution in [2.75, 3.05) is 12.3 Å². The van der Waals surface area contributed by atoms with Crippen molar-refractivity contribution in [3.8, 4) is 0 Å². The van der Waals surface area contributed by atoms with E-state index in [4.69, 9.17) is 0 Å². The first-order valence-corrected chi connectivity index (χ1v) is 9.48. The van der Waals surface area contributed by atoms with Crippen LogP contribution in [0.25, 0.3) is 10.9 Å². The maximum atomic E-state index is 12.7. The monoisotopic (exact) mass is 413 g/mol. The van der Waals surface area contributed by atoms with Gasteiger partial charge in [0.15, 0.2) is 5.16 Å². The molecule has 24 heavy (non-hydrogen) atoms. The zero-order valence-corrected chi connectivity index (χ0v) is 16.0. The van der Waals surface area contributed by atoms with Crippen LogP contribution in [0.2, 0.25) is 0 Å². The zero-order chi connectivity index (χ0) is 17.7. The Bertz CT molecular complexity index is 792. The van der Waals surface area contributed by atoms with Crippen LogP contribution in [-0.2, 0) is 11.3 Å². The van der Waals surface area contributed by atoms with Crippen LogP contribution in [0, 0.1) is 0 Å². The molecule has 1 unspecified atom stereocenters. The molecule has 0 spiro atoms. The summed E-state index contributed by atoms with van der Waals surface area (Å²) in [6.07, 6.45) is 0.175. The van der Waals surface area contributed by atoms with Gasteiger partial charge in [-0.1, -0.05) is 34.6 Å². The summed E-state index contributed by atoms with van der Waals surface area (Å²) < 4.78 is 2.22. The number of carbonyl (C=O) groups excluding carboxylic acids is 1. The molecule has 0 aliphatic rings. The lowest BCUT2D eigenvalue weighted by atomic mass is 10.2. The minimum Gasteiger partial charge on any atom is -0.392 e. The molecule has 0 aliphatic carbocycles. The number of rotatable bonds is 7. The molecule has 0 saturated heterocycles. The normalized spacial score (nSPS) is 12.3. The molecule has 0 aliphatic heterocycles. The highest BCUT2D eigenvalue weighted by molar-refractivity contribution is 9.10. The fraction of sp³-hybridized carbons (Fsp3) is 0.438. The second-order valence-electron chi connectivity index (χ2n) is 5.46. The predicted molar refractivity (Wildman–Crippen MR) is 99.4 cm³/mol. The SMILES string of the molecule is CCCNC(=O)CSc1nc2ccc(Br)cc2c(=O)n1CC(C)O. The van der Waals surface area contributed by atoms with Gasteiger partial charge in [-0.2, -0.15) is 0 Å². The van der Waals surface area contributed by atoms with E-state index in [1.165, 1.54) is 16.3 Å². The minimum atomic E-state index is -0.692. The minimum absolute atomic E-state index is 0.101. The third-order valence-corrected chi connectivity index (χ3v) is 4.70. The van der Waals surface area contributed by atoms with Crippen LogP contribution < -0.4 is 10.9 Å². The van der Waals surface area contributed by atoms with Crippen molar-refractivity contribution in [3.05, 3.63) is 33.0 Å². The highest BCUT2D eigenvalue weighted by Gasteiger charge is 2.15. The molecule has 1 amide bonds. The first kappa shape index (κ1) is 19.0. The average molecular weight is 414 g/mol. The fourth-order valence-electron chi connectivity index (χ4n) is 2.15. The van der Waals surface area contributed by atoms with Gasteiger partial charge in [-0.05, 0) is 31.5 Å². The Labute approximate surface area is 152 Å². The van der Waals surface area contributed by atoms with Crippen molar-refractivity contribution in [2.45, 2.75) is 38.1 Å². The van der Waals surface area contributed by atoms with Crippen LogP contribution in [0.1, 0.15) is 20.3 Å².